The number of nitrogens with two attached hydrogens (primary N) is 1. The minimum absolute atomic E-state index is 0.389. The lowest BCUT2D eigenvalue weighted by molar-refractivity contribution is 0.100. The van der Waals surface area contributed by atoms with Gasteiger partial charge in [0.15, 0.2) is 0 Å². The summed E-state index contributed by atoms with van der Waals surface area (Å²) in [6.07, 6.45) is 2.01. The molecule has 0 aliphatic rings. The second kappa shape index (κ2) is 3.35. The number of benzene rings is 1. The van der Waals surface area contributed by atoms with Crippen LogP contribution in [-0.4, -0.2) is 31.7 Å². The molecule has 2 N–H and O–H groups in total. The van der Waals surface area contributed by atoms with Crippen LogP contribution in [0.4, 0.5) is 0 Å². The molecule has 0 unspecified atom stereocenters. The topological polar surface area (TPSA) is 48.0 Å². The van der Waals surface area contributed by atoms with Crippen molar-refractivity contribution < 1.29 is 4.79 Å². The maximum absolute atomic E-state index is 11.1. The first kappa shape index (κ1) is 10.7. The van der Waals surface area contributed by atoms with E-state index in [9.17, 15) is 4.79 Å². The summed E-state index contributed by atoms with van der Waals surface area (Å²) in [6, 6.07) is 7.50. The molecule has 2 aromatic rings. The summed E-state index contributed by atoms with van der Waals surface area (Å²) < 4.78 is 2.81. The summed E-state index contributed by atoms with van der Waals surface area (Å²) >= 11 is 0. The number of aromatic nitrogens is 1. The van der Waals surface area contributed by atoms with E-state index < -0.39 is 0 Å². The number of nitrogens with zero attached hydrogens (tertiary/aromatic N) is 2. The Morgan fingerprint density at radius 2 is 1.94 bits per heavy atom. The molecule has 0 aliphatic carbocycles. The number of hydrogen-bond acceptors (Lipinski definition) is 1. The van der Waals surface area contributed by atoms with Crippen LogP contribution in [-0.2, 0) is 0 Å². The molecule has 4 heteroatoms. The molecular weight excluding hydrogens is 202 g/mol. The summed E-state index contributed by atoms with van der Waals surface area (Å²) in [5.74, 6) is -0.389. The van der Waals surface area contributed by atoms with E-state index in [1.807, 2.05) is 24.4 Å². The first-order valence-electron chi connectivity index (χ1n) is 5.13. The predicted molar refractivity (Wildman–Crippen MR) is 65.8 cm³/mol. The van der Waals surface area contributed by atoms with Gasteiger partial charge in [0.05, 0.1) is 27.3 Å². The zero-order valence-corrected chi connectivity index (χ0v) is 9.77. The Balaban J connectivity index is 2.64. The Morgan fingerprint density at radius 1 is 1.25 bits per heavy atom. The van der Waals surface area contributed by atoms with Crippen molar-refractivity contribution in [1.82, 2.24) is 9.27 Å². The number of rotatable bonds is 2. The van der Waals surface area contributed by atoms with E-state index in [0.717, 1.165) is 10.9 Å². The molecule has 0 aliphatic heterocycles. The monoisotopic (exact) mass is 218 g/mol. The molecule has 1 amide bonds. The van der Waals surface area contributed by atoms with Crippen LogP contribution in [0.3, 0.4) is 0 Å². The molecule has 0 atom stereocenters. The van der Waals surface area contributed by atoms with E-state index in [1.54, 1.807) is 6.07 Å². The highest BCUT2D eigenvalue weighted by Gasteiger charge is 2.14. The Kier molecular flexibility index (Phi) is 2.24. The Hall–Kier alpha value is -1.81. The van der Waals surface area contributed by atoms with Crippen LogP contribution in [0.15, 0.2) is 30.5 Å². The lowest BCUT2D eigenvalue weighted by Crippen LogP contribution is -2.45. The van der Waals surface area contributed by atoms with Crippen molar-refractivity contribution in [3.05, 3.63) is 36.0 Å². The minimum atomic E-state index is -0.389. The largest absolute Gasteiger partial charge is 0.366 e. The number of hydrogen-bond donors (Lipinski definition) is 1. The van der Waals surface area contributed by atoms with E-state index in [0.29, 0.717) is 10.2 Å². The molecule has 84 valence electrons. The maximum atomic E-state index is 11.1. The summed E-state index contributed by atoms with van der Waals surface area (Å²) in [7, 11) is 6.25. The number of quaternary nitrogens is 1. The highest BCUT2D eigenvalue weighted by molar-refractivity contribution is 5.97. The molecule has 0 radical (unpaired) electrons. The lowest BCUT2D eigenvalue weighted by atomic mass is 10.1. The van der Waals surface area contributed by atoms with Crippen LogP contribution in [0.1, 0.15) is 10.4 Å². The second-order valence-electron chi connectivity index (χ2n) is 4.74. The van der Waals surface area contributed by atoms with Crippen LogP contribution < -0.4 is 10.3 Å². The van der Waals surface area contributed by atoms with Gasteiger partial charge in [-0.2, -0.15) is 4.68 Å². The van der Waals surface area contributed by atoms with Crippen LogP contribution in [0.25, 0.3) is 10.9 Å². The van der Waals surface area contributed by atoms with Crippen molar-refractivity contribution in [2.24, 2.45) is 5.73 Å². The van der Waals surface area contributed by atoms with Gasteiger partial charge in [-0.05, 0) is 24.3 Å². The molecule has 1 aromatic carbocycles. The first-order valence-corrected chi connectivity index (χ1v) is 5.13. The maximum Gasteiger partial charge on any atom is 0.248 e. The third-order valence-electron chi connectivity index (χ3n) is 2.60. The predicted octanol–water partition coefficient (Wildman–Crippen LogP) is 1.07. The quantitative estimate of drug-likeness (QED) is 0.753. The molecule has 0 saturated heterocycles. The van der Waals surface area contributed by atoms with Crippen molar-refractivity contribution in [2.75, 3.05) is 21.1 Å². The molecule has 4 nitrogen and oxygen atoms in total. The molecule has 0 bridgehead atoms. The van der Waals surface area contributed by atoms with E-state index >= 15 is 0 Å². The Labute approximate surface area is 94.4 Å². The third-order valence-corrected chi connectivity index (χ3v) is 2.60. The summed E-state index contributed by atoms with van der Waals surface area (Å²) in [5, 5.41) is 1.03. The van der Waals surface area contributed by atoms with Crippen molar-refractivity contribution in [2.45, 2.75) is 0 Å². The Morgan fingerprint density at radius 3 is 2.50 bits per heavy atom. The van der Waals surface area contributed by atoms with Crippen LogP contribution in [0.2, 0.25) is 0 Å². The van der Waals surface area contributed by atoms with Gasteiger partial charge in [0.2, 0.25) is 5.91 Å². The van der Waals surface area contributed by atoms with Crippen molar-refractivity contribution >= 4 is 16.8 Å². The molecular formula is C12H16N3O+. The van der Waals surface area contributed by atoms with Gasteiger partial charge >= 0.3 is 0 Å². The van der Waals surface area contributed by atoms with Gasteiger partial charge in [0, 0.05) is 10.9 Å². The zero-order valence-electron chi connectivity index (χ0n) is 9.77. The molecule has 0 fully saturated rings. The fraction of sp³-hybridized carbons (Fsp3) is 0.250. The average Bonchev–Trinajstić information content (AvgIpc) is 2.58. The van der Waals surface area contributed by atoms with Crippen molar-refractivity contribution in [1.29, 1.82) is 0 Å². The third kappa shape index (κ3) is 1.67. The minimum Gasteiger partial charge on any atom is -0.366 e. The van der Waals surface area contributed by atoms with Gasteiger partial charge < -0.3 is 5.73 Å². The highest BCUT2D eigenvalue weighted by atomic mass is 16.1. The van der Waals surface area contributed by atoms with E-state index in [2.05, 4.69) is 25.8 Å². The second-order valence-corrected chi connectivity index (χ2v) is 4.74. The van der Waals surface area contributed by atoms with Crippen LogP contribution >= 0.6 is 0 Å². The molecule has 0 saturated carbocycles. The van der Waals surface area contributed by atoms with Gasteiger partial charge in [0.1, 0.15) is 5.52 Å². The van der Waals surface area contributed by atoms with E-state index in [4.69, 9.17) is 5.73 Å². The summed E-state index contributed by atoms with van der Waals surface area (Å²) in [4.78, 5) is 11.1. The lowest BCUT2D eigenvalue weighted by Gasteiger charge is -2.25. The van der Waals surface area contributed by atoms with Gasteiger partial charge in [-0.25, -0.2) is 4.59 Å². The van der Waals surface area contributed by atoms with E-state index in [1.165, 1.54) is 0 Å². The van der Waals surface area contributed by atoms with Crippen molar-refractivity contribution in [3.63, 3.8) is 0 Å². The SMILES string of the molecule is C[N+](C)(C)n1ccc2cc(C(N)=O)ccc21. The van der Waals surface area contributed by atoms with Gasteiger partial charge in [-0.3, -0.25) is 4.79 Å². The number of amides is 1. The van der Waals surface area contributed by atoms with Crippen LogP contribution in [0, 0.1) is 0 Å². The molecule has 1 heterocycles. The smallest absolute Gasteiger partial charge is 0.248 e. The van der Waals surface area contributed by atoms with E-state index in [-0.39, 0.29) is 5.91 Å². The van der Waals surface area contributed by atoms with Gasteiger partial charge in [0.25, 0.3) is 0 Å². The molecule has 2 rings (SSSR count). The number of carbonyl (C=O) groups is 1. The standard InChI is InChI=1S/C12H15N3O/c1-15(2,3)14-7-6-9-8-10(12(13)16)4-5-11(9)14/h4-8H,1-3H3,(H-,13,16)/p+1. The molecule has 1 aromatic heterocycles. The Bertz CT molecular complexity index is 549. The van der Waals surface area contributed by atoms with Crippen molar-refractivity contribution in [3.8, 4) is 0 Å². The molecule has 16 heavy (non-hydrogen) atoms. The number of carbonyl (C=O) groups excluding carboxylic acids is 1. The normalized spacial score (nSPS) is 11.9. The summed E-state index contributed by atoms with van der Waals surface area (Å²) in [6.45, 7) is 0. The summed E-state index contributed by atoms with van der Waals surface area (Å²) in [5.41, 5.74) is 6.89. The first-order chi connectivity index (χ1) is 7.39. The zero-order chi connectivity index (χ0) is 11.9. The average molecular weight is 218 g/mol. The fourth-order valence-corrected chi connectivity index (χ4v) is 1.80. The van der Waals surface area contributed by atoms with Gasteiger partial charge in [-0.15, -0.1) is 0 Å². The molecule has 0 spiro atoms. The number of primary amides is 1. The van der Waals surface area contributed by atoms with Crippen LogP contribution in [0.5, 0.6) is 0 Å². The fourth-order valence-electron chi connectivity index (χ4n) is 1.80. The number of fused-ring (bicyclic) bond motifs is 1. The van der Waals surface area contributed by atoms with Gasteiger partial charge in [-0.1, -0.05) is 0 Å². The highest BCUT2D eigenvalue weighted by Crippen LogP contribution is 2.18.